The standard InChI is InChI=1S/C18H17ClN4OS/c1-11(2)25-18-21-15-8-7-12(9-16(15)22-18)17(24)23-20-10-13-5-3-4-6-14(13)19/h3-11H,1-2H3,(H,21,22)(H,23,24)/b20-10-. The summed E-state index contributed by atoms with van der Waals surface area (Å²) >= 11 is 7.69. The van der Waals surface area contributed by atoms with Gasteiger partial charge in [0.15, 0.2) is 5.16 Å². The van der Waals surface area contributed by atoms with Crippen LogP contribution in [-0.2, 0) is 0 Å². The van der Waals surface area contributed by atoms with Gasteiger partial charge >= 0.3 is 0 Å². The van der Waals surface area contributed by atoms with Crippen LogP contribution in [0.3, 0.4) is 0 Å². The highest BCUT2D eigenvalue weighted by Crippen LogP contribution is 2.23. The van der Waals surface area contributed by atoms with E-state index in [1.54, 1.807) is 30.0 Å². The Labute approximate surface area is 154 Å². The first-order valence-corrected chi connectivity index (χ1v) is 9.03. The van der Waals surface area contributed by atoms with Crippen LogP contribution < -0.4 is 5.43 Å². The lowest BCUT2D eigenvalue weighted by Crippen LogP contribution is -2.17. The first-order chi connectivity index (χ1) is 12.0. The molecule has 3 rings (SSSR count). The highest BCUT2D eigenvalue weighted by molar-refractivity contribution is 7.99. The van der Waals surface area contributed by atoms with Crippen molar-refractivity contribution in [2.24, 2.45) is 5.10 Å². The van der Waals surface area contributed by atoms with Gasteiger partial charge in [-0.05, 0) is 24.3 Å². The van der Waals surface area contributed by atoms with Gasteiger partial charge in [0.1, 0.15) is 0 Å². The molecule has 0 radical (unpaired) electrons. The highest BCUT2D eigenvalue weighted by atomic mass is 35.5. The molecule has 7 heteroatoms. The van der Waals surface area contributed by atoms with Crippen LogP contribution in [0.25, 0.3) is 11.0 Å². The van der Waals surface area contributed by atoms with E-state index in [1.165, 1.54) is 6.21 Å². The highest BCUT2D eigenvalue weighted by Gasteiger charge is 2.09. The van der Waals surface area contributed by atoms with Gasteiger partial charge in [0.05, 0.1) is 17.2 Å². The van der Waals surface area contributed by atoms with Gasteiger partial charge < -0.3 is 4.98 Å². The van der Waals surface area contributed by atoms with Crippen LogP contribution in [-0.4, -0.2) is 27.3 Å². The summed E-state index contributed by atoms with van der Waals surface area (Å²) in [5.41, 5.74) is 5.42. The van der Waals surface area contributed by atoms with E-state index in [0.717, 1.165) is 21.8 Å². The van der Waals surface area contributed by atoms with Gasteiger partial charge in [0, 0.05) is 21.4 Å². The number of H-pyrrole nitrogens is 1. The number of hydrogen-bond donors (Lipinski definition) is 2. The number of carbonyl (C=O) groups is 1. The molecule has 1 amide bonds. The molecule has 0 fully saturated rings. The summed E-state index contributed by atoms with van der Waals surface area (Å²) in [5, 5.41) is 5.82. The molecule has 0 aliphatic rings. The largest absolute Gasteiger partial charge is 0.333 e. The van der Waals surface area contributed by atoms with Gasteiger partial charge in [0.25, 0.3) is 5.91 Å². The average molecular weight is 373 g/mol. The molecule has 0 bridgehead atoms. The van der Waals surface area contributed by atoms with Crippen molar-refractivity contribution in [3.05, 3.63) is 58.6 Å². The van der Waals surface area contributed by atoms with Crippen molar-refractivity contribution < 1.29 is 4.79 Å². The predicted octanol–water partition coefficient (Wildman–Crippen LogP) is 4.48. The van der Waals surface area contributed by atoms with E-state index in [2.05, 4.69) is 34.3 Å². The third kappa shape index (κ3) is 4.41. The van der Waals surface area contributed by atoms with E-state index in [0.29, 0.717) is 15.8 Å². The van der Waals surface area contributed by atoms with Crippen LogP contribution in [0.1, 0.15) is 29.8 Å². The molecule has 1 aromatic heterocycles. The van der Waals surface area contributed by atoms with E-state index in [1.807, 2.05) is 24.3 Å². The minimum absolute atomic E-state index is 0.294. The Kier molecular flexibility index (Phi) is 5.40. The fourth-order valence-corrected chi connectivity index (χ4v) is 3.16. The Hall–Kier alpha value is -2.31. The molecular formula is C18H17ClN4OS. The number of rotatable bonds is 5. The van der Waals surface area contributed by atoms with Crippen molar-refractivity contribution in [3.8, 4) is 0 Å². The molecule has 128 valence electrons. The summed E-state index contributed by atoms with van der Waals surface area (Å²) in [4.78, 5) is 20.0. The number of hydrazone groups is 1. The Balaban J connectivity index is 1.72. The van der Waals surface area contributed by atoms with Crippen molar-refractivity contribution in [2.75, 3.05) is 0 Å². The number of fused-ring (bicyclic) bond motifs is 1. The first-order valence-electron chi connectivity index (χ1n) is 7.77. The monoisotopic (exact) mass is 372 g/mol. The number of nitrogens with one attached hydrogen (secondary N) is 2. The number of benzene rings is 2. The van der Waals surface area contributed by atoms with Gasteiger partial charge in [-0.2, -0.15) is 5.10 Å². The maximum absolute atomic E-state index is 12.3. The lowest BCUT2D eigenvalue weighted by atomic mass is 10.2. The minimum atomic E-state index is -0.294. The normalized spacial score (nSPS) is 11.5. The molecule has 1 heterocycles. The van der Waals surface area contributed by atoms with E-state index < -0.39 is 0 Å². The van der Waals surface area contributed by atoms with E-state index >= 15 is 0 Å². The van der Waals surface area contributed by atoms with Crippen molar-refractivity contribution >= 4 is 46.5 Å². The van der Waals surface area contributed by atoms with Crippen molar-refractivity contribution in [2.45, 2.75) is 24.3 Å². The molecule has 0 saturated carbocycles. The zero-order chi connectivity index (χ0) is 17.8. The van der Waals surface area contributed by atoms with E-state index in [-0.39, 0.29) is 5.91 Å². The smallest absolute Gasteiger partial charge is 0.271 e. The van der Waals surface area contributed by atoms with Crippen molar-refractivity contribution in [3.63, 3.8) is 0 Å². The Morgan fingerprint density at radius 1 is 1.32 bits per heavy atom. The van der Waals surface area contributed by atoms with Crippen LogP contribution >= 0.6 is 23.4 Å². The average Bonchev–Trinajstić information content (AvgIpc) is 2.96. The van der Waals surface area contributed by atoms with Gasteiger partial charge in [-0.3, -0.25) is 4.79 Å². The van der Waals surface area contributed by atoms with Gasteiger partial charge in [-0.15, -0.1) is 0 Å². The number of aromatic nitrogens is 2. The number of aromatic amines is 1. The third-order valence-electron chi connectivity index (χ3n) is 3.34. The second kappa shape index (κ2) is 7.72. The number of nitrogens with zero attached hydrogens (tertiary/aromatic N) is 2. The topological polar surface area (TPSA) is 70.1 Å². The molecule has 0 saturated heterocycles. The van der Waals surface area contributed by atoms with Crippen molar-refractivity contribution in [1.82, 2.24) is 15.4 Å². The Morgan fingerprint density at radius 2 is 2.12 bits per heavy atom. The maximum Gasteiger partial charge on any atom is 0.271 e. The molecule has 0 spiro atoms. The maximum atomic E-state index is 12.3. The van der Waals surface area contributed by atoms with E-state index in [9.17, 15) is 4.79 Å². The molecule has 2 N–H and O–H groups in total. The Bertz CT molecular complexity index is 936. The number of imidazole rings is 1. The summed E-state index contributed by atoms with van der Waals surface area (Å²) < 4.78 is 0. The number of amides is 1. The van der Waals surface area contributed by atoms with E-state index in [4.69, 9.17) is 11.6 Å². The molecule has 2 aromatic carbocycles. The number of halogens is 1. The fourth-order valence-electron chi connectivity index (χ4n) is 2.21. The first kappa shape index (κ1) is 17.5. The molecule has 0 aliphatic carbocycles. The summed E-state index contributed by atoms with van der Waals surface area (Å²) in [5.74, 6) is -0.294. The van der Waals surface area contributed by atoms with Crippen LogP contribution in [0.5, 0.6) is 0 Å². The summed E-state index contributed by atoms with van der Waals surface area (Å²) in [6, 6.07) is 12.6. The second-order valence-electron chi connectivity index (χ2n) is 5.66. The van der Waals surface area contributed by atoms with Crippen LogP contribution in [0.4, 0.5) is 0 Å². The molecular weight excluding hydrogens is 356 g/mol. The molecule has 0 unspecified atom stereocenters. The third-order valence-corrected chi connectivity index (χ3v) is 4.58. The van der Waals surface area contributed by atoms with Crippen LogP contribution in [0, 0.1) is 0 Å². The van der Waals surface area contributed by atoms with Crippen LogP contribution in [0.15, 0.2) is 52.7 Å². The zero-order valence-corrected chi connectivity index (χ0v) is 15.4. The molecule has 0 atom stereocenters. The van der Waals surface area contributed by atoms with Crippen molar-refractivity contribution in [1.29, 1.82) is 0 Å². The van der Waals surface area contributed by atoms with Gasteiger partial charge in [0.2, 0.25) is 0 Å². The molecule has 25 heavy (non-hydrogen) atoms. The van der Waals surface area contributed by atoms with Gasteiger partial charge in [-0.1, -0.05) is 55.4 Å². The number of hydrogen-bond acceptors (Lipinski definition) is 4. The Morgan fingerprint density at radius 3 is 2.88 bits per heavy atom. The molecule has 3 aromatic rings. The zero-order valence-electron chi connectivity index (χ0n) is 13.8. The second-order valence-corrected chi connectivity index (χ2v) is 7.63. The SMILES string of the molecule is CC(C)Sc1nc2ccc(C(=O)N/N=C\c3ccccc3Cl)cc2[nH]1. The molecule has 0 aliphatic heterocycles. The lowest BCUT2D eigenvalue weighted by molar-refractivity contribution is 0.0955. The fraction of sp³-hybridized carbons (Fsp3) is 0.167. The van der Waals surface area contributed by atoms with Gasteiger partial charge in [-0.25, -0.2) is 10.4 Å². The lowest BCUT2D eigenvalue weighted by Gasteiger charge is -2.00. The number of carbonyl (C=O) groups excluding carboxylic acids is 1. The summed E-state index contributed by atoms with van der Waals surface area (Å²) in [6.45, 7) is 4.21. The predicted molar refractivity (Wildman–Crippen MR) is 104 cm³/mol. The minimum Gasteiger partial charge on any atom is -0.333 e. The summed E-state index contributed by atoms with van der Waals surface area (Å²) in [7, 11) is 0. The number of thioether (sulfide) groups is 1. The quantitative estimate of drug-likeness (QED) is 0.394. The molecule has 5 nitrogen and oxygen atoms in total. The van der Waals surface area contributed by atoms with Crippen LogP contribution in [0.2, 0.25) is 5.02 Å². The summed E-state index contributed by atoms with van der Waals surface area (Å²) in [6.07, 6.45) is 1.52.